The van der Waals surface area contributed by atoms with E-state index >= 15 is 0 Å². The summed E-state index contributed by atoms with van der Waals surface area (Å²) in [7, 11) is 0. The zero-order chi connectivity index (χ0) is 14.7. The smallest absolute Gasteiger partial charge is 0.123 e. The lowest BCUT2D eigenvalue weighted by Gasteiger charge is -2.08. The Labute approximate surface area is 122 Å². The van der Waals surface area contributed by atoms with Crippen LogP contribution in [-0.2, 0) is 6.42 Å². The number of hydrogen-bond acceptors (Lipinski definition) is 2. The zero-order valence-corrected chi connectivity index (χ0v) is 11.5. The molecule has 0 saturated carbocycles. The summed E-state index contributed by atoms with van der Waals surface area (Å²) in [5.74, 6) is 0.484. The van der Waals surface area contributed by atoms with E-state index in [0.717, 1.165) is 23.5 Å². The van der Waals surface area contributed by atoms with Crippen LogP contribution in [0, 0.1) is 5.82 Å². The van der Waals surface area contributed by atoms with Gasteiger partial charge in [0, 0.05) is 0 Å². The highest BCUT2D eigenvalue weighted by Gasteiger charge is 2.11. The lowest BCUT2D eigenvalue weighted by atomic mass is 10.1. The van der Waals surface area contributed by atoms with Crippen molar-refractivity contribution in [2.75, 3.05) is 0 Å². The normalized spacial score (nSPS) is 12.3. The maximum atomic E-state index is 12.9. The van der Waals surface area contributed by atoms with E-state index in [2.05, 4.69) is 9.97 Å². The van der Waals surface area contributed by atoms with E-state index in [1.54, 1.807) is 18.3 Å². The van der Waals surface area contributed by atoms with Gasteiger partial charge in [-0.1, -0.05) is 30.3 Å². The molecule has 3 N–H and O–H groups in total. The molecule has 0 radical (unpaired) electrons. The van der Waals surface area contributed by atoms with Crippen LogP contribution in [0.15, 0.2) is 60.8 Å². The Morgan fingerprint density at radius 2 is 1.76 bits per heavy atom. The van der Waals surface area contributed by atoms with E-state index in [1.807, 2.05) is 30.3 Å². The fraction of sp³-hybridized carbons (Fsp3) is 0.118. The Balaban J connectivity index is 1.76. The Kier molecular flexibility index (Phi) is 3.79. The molecule has 2 aromatic carbocycles. The lowest BCUT2D eigenvalue weighted by Crippen LogP contribution is -2.14. The molecular formula is C17H16FN3. The number of halogens is 1. The van der Waals surface area contributed by atoms with Crippen molar-refractivity contribution in [2.45, 2.75) is 12.5 Å². The third-order valence-electron chi connectivity index (χ3n) is 3.40. The number of aromatic nitrogens is 2. The number of H-pyrrole nitrogens is 1. The lowest BCUT2D eigenvalue weighted by molar-refractivity contribution is 0.628. The maximum Gasteiger partial charge on any atom is 0.123 e. The van der Waals surface area contributed by atoms with E-state index in [4.69, 9.17) is 5.73 Å². The Bertz CT molecular complexity index is 704. The van der Waals surface area contributed by atoms with Gasteiger partial charge in [-0.3, -0.25) is 0 Å². The number of nitrogens with two attached hydrogens (primary N) is 1. The van der Waals surface area contributed by atoms with Crippen LogP contribution in [0.2, 0.25) is 0 Å². The average molecular weight is 281 g/mol. The standard InChI is InChI=1S/C17H16FN3/c18-14-8-6-13(7-9-14)16-11-20-17(21-16)15(19)10-12-4-2-1-3-5-12/h1-9,11,15H,10,19H2,(H,20,21)/t15-/m1/s1. The number of nitrogens with one attached hydrogen (secondary N) is 1. The van der Waals surface area contributed by atoms with E-state index < -0.39 is 0 Å². The largest absolute Gasteiger partial charge is 0.341 e. The summed E-state index contributed by atoms with van der Waals surface area (Å²) < 4.78 is 12.9. The topological polar surface area (TPSA) is 54.7 Å². The summed E-state index contributed by atoms with van der Waals surface area (Å²) >= 11 is 0. The molecule has 1 heterocycles. The van der Waals surface area contributed by atoms with Gasteiger partial charge in [-0.25, -0.2) is 9.37 Å². The van der Waals surface area contributed by atoms with Crippen LogP contribution >= 0.6 is 0 Å². The third-order valence-corrected chi connectivity index (χ3v) is 3.40. The second kappa shape index (κ2) is 5.89. The van der Waals surface area contributed by atoms with E-state index in [0.29, 0.717) is 0 Å². The minimum absolute atomic E-state index is 0.193. The monoisotopic (exact) mass is 281 g/mol. The highest BCUT2D eigenvalue weighted by molar-refractivity contribution is 5.58. The highest BCUT2D eigenvalue weighted by atomic mass is 19.1. The van der Waals surface area contributed by atoms with Crippen molar-refractivity contribution >= 4 is 0 Å². The molecule has 0 aliphatic heterocycles. The molecule has 3 nitrogen and oxygen atoms in total. The second-order valence-electron chi connectivity index (χ2n) is 4.99. The van der Waals surface area contributed by atoms with Gasteiger partial charge in [0.25, 0.3) is 0 Å². The maximum absolute atomic E-state index is 12.9. The number of nitrogens with zero attached hydrogens (tertiary/aromatic N) is 1. The molecule has 3 rings (SSSR count). The van der Waals surface area contributed by atoms with Gasteiger partial charge in [-0.05, 0) is 41.8 Å². The van der Waals surface area contributed by atoms with Crippen molar-refractivity contribution in [1.82, 2.24) is 9.97 Å². The van der Waals surface area contributed by atoms with Gasteiger partial charge in [0.15, 0.2) is 0 Å². The van der Waals surface area contributed by atoms with Gasteiger partial charge in [0.2, 0.25) is 0 Å². The summed E-state index contributed by atoms with van der Waals surface area (Å²) in [5.41, 5.74) is 9.09. The van der Waals surface area contributed by atoms with Gasteiger partial charge >= 0.3 is 0 Å². The van der Waals surface area contributed by atoms with Crippen LogP contribution in [0.25, 0.3) is 11.3 Å². The van der Waals surface area contributed by atoms with Crippen LogP contribution in [0.3, 0.4) is 0 Å². The van der Waals surface area contributed by atoms with Crippen LogP contribution in [0.1, 0.15) is 17.4 Å². The molecule has 0 saturated heterocycles. The SMILES string of the molecule is N[C@H](Cc1ccccc1)c1ncc(-c2ccc(F)cc2)[nH]1. The van der Waals surface area contributed by atoms with Crippen LogP contribution in [0.4, 0.5) is 4.39 Å². The molecule has 4 heteroatoms. The molecule has 0 fully saturated rings. The van der Waals surface area contributed by atoms with Crippen molar-refractivity contribution in [3.63, 3.8) is 0 Å². The number of benzene rings is 2. The fourth-order valence-electron chi connectivity index (χ4n) is 2.27. The van der Waals surface area contributed by atoms with E-state index in [-0.39, 0.29) is 11.9 Å². The quantitative estimate of drug-likeness (QED) is 0.769. The van der Waals surface area contributed by atoms with Gasteiger partial charge in [-0.2, -0.15) is 0 Å². The average Bonchev–Trinajstić information content (AvgIpc) is 2.99. The first kappa shape index (κ1) is 13.5. The molecule has 0 amide bonds. The molecule has 106 valence electrons. The number of hydrogen-bond donors (Lipinski definition) is 2. The molecule has 0 aliphatic carbocycles. The Morgan fingerprint density at radius 1 is 1.05 bits per heavy atom. The predicted octanol–water partition coefficient (Wildman–Crippen LogP) is 3.46. The van der Waals surface area contributed by atoms with Gasteiger partial charge in [0.1, 0.15) is 11.6 Å². The first-order valence-electron chi connectivity index (χ1n) is 6.83. The molecule has 21 heavy (non-hydrogen) atoms. The van der Waals surface area contributed by atoms with E-state index in [9.17, 15) is 4.39 Å². The molecule has 1 aromatic heterocycles. The number of aromatic amines is 1. The fourth-order valence-corrected chi connectivity index (χ4v) is 2.27. The summed E-state index contributed by atoms with van der Waals surface area (Å²) in [5, 5.41) is 0. The Hall–Kier alpha value is -2.46. The molecule has 0 spiro atoms. The van der Waals surface area contributed by atoms with Crippen LogP contribution in [-0.4, -0.2) is 9.97 Å². The van der Waals surface area contributed by atoms with Gasteiger partial charge in [0.05, 0.1) is 17.9 Å². The summed E-state index contributed by atoms with van der Waals surface area (Å²) in [6, 6.07) is 16.2. The molecule has 0 bridgehead atoms. The van der Waals surface area contributed by atoms with Crippen molar-refractivity contribution in [3.05, 3.63) is 78.0 Å². The Morgan fingerprint density at radius 3 is 2.48 bits per heavy atom. The summed E-state index contributed by atoms with van der Waals surface area (Å²) in [4.78, 5) is 7.55. The highest BCUT2D eigenvalue weighted by Crippen LogP contribution is 2.20. The molecule has 0 aliphatic rings. The molecule has 1 atom stereocenters. The van der Waals surface area contributed by atoms with Gasteiger partial charge in [-0.15, -0.1) is 0 Å². The summed E-state index contributed by atoms with van der Waals surface area (Å²) in [6.07, 6.45) is 2.45. The minimum atomic E-state index is -0.251. The van der Waals surface area contributed by atoms with Crippen LogP contribution in [0.5, 0.6) is 0 Å². The van der Waals surface area contributed by atoms with Crippen molar-refractivity contribution in [3.8, 4) is 11.3 Å². The summed E-state index contributed by atoms with van der Waals surface area (Å²) in [6.45, 7) is 0. The van der Waals surface area contributed by atoms with Crippen molar-refractivity contribution in [2.24, 2.45) is 5.73 Å². The predicted molar refractivity (Wildman–Crippen MR) is 81.1 cm³/mol. The van der Waals surface area contributed by atoms with Crippen molar-refractivity contribution in [1.29, 1.82) is 0 Å². The van der Waals surface area contributed by atoms with Gasteiger partial charge < -0.3 is 10.7 Å². The second-order valence-corrected chi connectivity index (χ2v) is 4.99. The minimum Gasteiger partial charge on any atom is -0.341 e. The third kappa shape index (κ3) is 3.17. The zero-order valence-electron chi connectivity index (χ0n) is 11.5. The molecular weight excluding hydrogens is 265 g/mol. The number of rotatable bonds is 4. The number of imidazole rings is 1. The molecule has 0 unspecified atom stereocenters. The van der Waals surface area contributed by atoms with E-state index in [1.165, 1.54) is 17.7 Å². The van der Waals surface area contributed by atoms with Crippen LogP contribution < -0.4 is 5.73 Å². The van der Waals surface area contributed by atoms with Crippen molar-refractivity contribution < 1.29 is 4.39 Å². The first-order chi connectivity index (χ1) is 10.2. The first-order valence-corrected chi connectivity index (χ1v) is 6.83. The molecule has 3 aromatic rings.